The van der Waals surface area contributed by atoms with Gasteiger partial charge in [-0.15, -0.1) is 0 Å². The predicted octanol–water partition coefficient (Wildman–Crippen LogP) is 2.11. The molecule has 1 aliphatic rings. The molecule has 18 heavy (non-hydrogen) atoms. The Labute approximate surface area is 112 Å². The molecule has 1 fully saturated rings. The molecule has 1 aliphatic heterocycles. The van der Waals surface area contributed by atoms with Gasteiger partial charge in [-0.05, 0) is 31.0 Å². The van der Waals surface area contributed by atoms with Gasteiger partial charge in [0.2, 0.25) is 5.91 Å². The number of likely N-dealkylation sites (tertiary alicyclic amines) is 1. The van der Waals surface area contributed by atoms with Gasteiger partial charge in [0, 0.05) is 24.0 Å². The Hall–Kier alpha value is -1.06. The molecule has 4 heteroatoms. The summed E-state index contributed by atoms with van der Waals surface area (Å²) >= 11 is 5.81. The van der Waals surface area contributed by atoms with Crippen molar-refractivity contribution in [2.45, 2.75) is 25.9 Å². The Bertz CT molecular complexity index is 416. The molecule has 1 amide bonds. The molecule has 0 bridgehead atoms. The number of halogens is 1. The third-order valence-electron chi connectivity index (χ3n) is 3.53. The number of carbonyl (C=O) groups is 1. The SMILES string of the molecule is CC(O)C1CCN(C(=O)Cc2ccc(Cl)cc2)C1. The fourth-order valence-electron chi connectivity index (χ4n) is 2.30. The van der Waals surface area contributed by atoms with Gasteiger partial charge in [-0.2, -0.15) is 0 Å². The number of carbonyl (C=O) groups excluding carboxylic acids is 1. The molecule has 0 spiro atoms. The van der Waals surface area contributed by atoms with E-state index in [4.69, 9.17) is 11.6 Å². The smallest absolute Gasteiger partial charge is 0.227 e. The van der Waals surface area contributed by atoms with Crippen molar-refractivity contribution in [3.63, 3.8) is 0 Å². The fourth-order valence-corrected chi connectivity index (χ4v) is 2.42. The van der Waals surface area contributed by atoms with Crippen LogP contribution in [0.5, 0.6) is 0 Å². The van der Waals surface area contributed by atoms with E-state index in [-0.39, 0.29) is 17.9 Å². The van der Waals surface area contributed by atoms with Crippen molar-refractivity contribution in [1.82, 2.24) is 4.90 Å². The van der Waals surface area contributed by atoms with Gasteiger partial charge in [0.05, 0.1) is 12.5 Å². The maximum Gasteiger partial charge on any atom is 0.227 e. The van der Waals surface area contributed by atoms with Crippen molar-refractivity contribution < 1.29 is 9.90 Å². The van der Waals surface area contributed by atoms with Crippen LogP contribution in [0.4, 0.5) is 0 Å². The van der Waals surface area contributed by atoms with Gasteiger partial charge in [-0.1, -0.05) is 23.7 Å². The average molecular weight is 268 g/mol. The standard InChI is InChI=1S/C14H18ClNO2/c1-10(17)12-6-7-16(9-12)14(18)8-11-2-4-13(15)5-3-11/h2-5,10,12,17H,6-9H2,1H3. The van der Waals surface area contributed by atoms with Crippen molar-refractivity contribution in [2.75, 3.05) is 13.1 Å². The lowest BCUT2D eigenvalue weighted by atomic mass is 10.0. The van der Waals surface area contributed by atoms with Crippen LogP contribution in [0, 0.1) is 5.92 Å². The summed E-state index contributed by atoms with van der Waals surface area (Å²) in [6.07, 6.45) is 0.964. The summed E-state index contributed by atoms with van der Waals surface area (Å²) in [4.78, 5) is 13.9. The highest BCUT2D eigenvalue weighted by Crippen LogP contribution is 2.20. The second kappa shape index (κ2) is 5.72. The van der Waals surface area contributed by atoms with E-state index in [1.54, 1.807) is 19.1 Å². The summed E-state index contributed by atoms with van der Waals surface area (Å²) < 4.78 is 0. The van der Waals surface area contributed by atoms with Gasteiger partial charge in [0.1, 0.15) is 0 Å². The number of nitrogens with zero attached hydrogens (tertiary/aromatic N) is 1. The highest BCUT2D eigenvalue weighted by atomic mass is 35.5. The molecule has 3 nitrogen and oxygen atoms in total. The van der Waals surface area contributed by atoms with Crippen LogP contribution in [0.25, 0.3) is 0 Å². The lowest BCUT2D eigenvalue weighted by molar-refractivity contribution is -0.129. The molecule has 98 valence electrons. The topological polar surface area (TPSA) is 40.5 Å². The summed E-state index contributed by atoms with van der Waals surface area (Å²) in [5.74, 6) is 0.347. The van der Waals surface area contributed by atoms with Crippen LogP contribution in [0.1, 0.15) is 18.9 Å². The minimum absolute atomic E-state index is 0.125. The lowest BCUT2D eigenvalue weighted by Gasteiger charge is -2.17. The van der Waals surface area contributed by atoms with E-state index in [1.807, 2.05) is 17.0 Å². The molecule has 1 aromatic carbocycles. The normalized spacial score (nSPS) is 21.1. The summed E-state index contributed by atoms with van der Waals surface area (Å²) in [5, 5.41) is 10.2. The van der Waals surface area contributed by atoms with Gasteiger partial charge >= 0.3 is 0 Å². The van der Waals surface area contributed by atoms with E-state index in [0.717, 1.165) is 18.5 Å². The minimum Gasteiger partial charge on any atom is -0.393 e. The molecule has 0 saturated carbocycles. The Kier molecular flexibility index (Phi) is 4.25. The molecule has 1 heterocycles. The van der Waals surface area contributed by atoms with Crippen molar-refractivity contribution in [3.8, 4) is 0 Å². The molecule has 2 atom stereocenters. The van der Waals surface area contributed by atoms with Gasteiger partial charge in [-0.25, -0.2) is 0 Å². The van der Waals surface area contributed by atoms with Crippen molar-refractivity contribution >= 4 is 17.5 Å². The van der Waals surface area contributed by atoms with Crippen LogP contribution >= 0.6 is 11.6 Å². The summed E-state index contributed by atoms with van der Waals surface area (Å²) in [6, 6.07) is 7.35. The van der Waals surface area contributed by atoms with E-state index in [1.165, 1.54) is 0 Å². The average Bonchev–Trinajstić information content (AvgIpc) is 2.81. The monoisotopic (exact) mass is 267 g/mol. The molecule has 1 saturated heterocycles. The number of rotatable bonds is 3. The number of hydrogen-bond acceptors (Lipinski definition) is 2. The van der Waals surface area contributed by atoms with Gasteiger partial charge in [0.25, 0.3) is 0 Å². The first-order valence-electron chi connectivity index (χ1n) is 6.26. The molecule has 0 aromatic heterocycles. The van der Waals surface area contributed by atoms with Gasteiger partial charge in [-0.3, -0.25) is 4.79 Å². The Morgan fingerprint density at radius 3 is 2.72 bits per heavy atom. The highest BCUT2D eigenvalue weighted by molar-refractivity contribution is 6.30. The van der Waals surface area contributed by atoms with Crippen molar-refractivity contribution in [1.29, 1.82) is 0 Å². The molecular formula is C14H18ClNO2. The van der Waals surface area contributed by atoms with Crippen molar-refractivity contribution in [2.24, 2.45) is 5.92 Å². The lowest BCUT2D eigenvalue weighted by Crippen LogP contribution is -2.31. The molecule has 0 radical (unpaired) electrons. The zero-order valence-corrected chi connectivity index (χ0v) is 11.2. The van der Waals surface area contributed by atoms with E-state index < -0.39 is 0 Å². The number of amides is 1. The van der Waals surface area contributed by atoms with E-state index >= 15 is 0 Å². The molecule has 2 unspecified atom stereocenters. The van der Waals surface area contributed by atoms with Crippen LogP contribution < -0.4 is 0 Å². The largest absolute Gasteiger partial charge is 0.393 e. The van der Waals surface area contributed by atoms with Crippen LogP contribution in [0.2, 0.25) is 5.02 Å². The minimum atomic E-state index is -0.335. The first kappa shape index (κ1) is 13.4. The number of aliphatic hydroxyl groups is 1. The predicted molar refractivity (Wildman–Crippen MR) is 71.5 cm³/mol. The summed E-state index contributed by atoms with van der Waals surface area (Å²) in [5.41, 5.74) is 0.977. The summed E-state index contributed by atoms with van der Waals surface area (Å²) in [6.45, 7) is 3.21. The van der Waals surface area contributed by atoms with Crippen LogP contribution in [-0.2, 0) is 11.2 Å². The first-order chi connectivity index (χ1) is 8.56. The van der Waals surface area contributed by atoms with Gasteiger partial charge < -0.3 is 10.0 Å². The Morgan fingerprint density at radius 1 is 1.50 bits per heavy atom. The Balaban J connectivity index is 1.91. The zero-order valence-electron chi connectivity index (χ0n) is 10.5. The third kappa shape index (κ3) is 3.24. The van der Waals surface area contributed by atoms with Crippen LogP contribution in [0.3, 0.4) is 0 Å². The second-order valence-corrected chi connectivity index (χ2v) is 5.37. The maximum absolute atomic E-state index is 12.1. The molecule has 1 N–H and O–H groups in total. The van der Waals surface area contributed by atoms with Crippen molar-refractivity contribution in [3.05, 3.63) is 34.9 Å². The Morgan fingerprint density at radius 2 is 2.17 bits per heavy atom. The van der Waals surface area contributed by atoms with Gasteiger partial charge in [0.15, 0.2) is 0 Å². The van der Waals surface area contributed by atoms with E-state index in [2.05, 4.69) is 0 Å². The van der Waals surface area contributed by atoms with E-state index in [0.29, 0.717) is 18.0 Å². The number of aliphatic hydroxyl groups excluding tert-OH is 1. The second-order valence-electron chi connectivity index (χ2n) is 4.93. The van der Waals surface area contributed by atoms with Crippen LogP contribution in [-0.4, -0.2) is 35.1 Å². The molecule has 1 aromatic rings. The first-order valence-corrected chi connectivity index (χ1v) is 6.64. The quantitative estimate of drug-likeness (QED) is 0.911. The molecular weight excluding hydrogens is 250 g/mol. The third-order valence-corrected chi connectivity index (χ3v) is 3.78. The zero-order chi connectivity index (χ0) is 13.1. The molecule has 2 rings (SSSR count). The highest BCUT2D eigenvalue weighted by Gasteiger charge is 2.28. The number of hydrogen-bond donors (Lipinski definition) is 1. The van der Waals surface area contributed by atoms with E-state index in [9.17, 15) is 9.90 Å². The maximum atomic E-state index is 12.1. The van der Waals surface area contributed by atoms with Crippen LogP contribution in [0.15, 0.2) is 24.3 Å². The summed E-state index contributed by atoms with van der Waals surface area (Å²) in [7, 11) is 0. The number of benzene rings is 1. The molecule has 0 aliphatic carbocycles. The fraction of sp³-hybridized carbons (Fsp3) is 0.500.